The van der Waals surface area contributed by atoms with Gasteiger partial charge >= 0.3 is 0 Å². The lowest BCUT2D eigenvalue weighted by Crippen LogP contribution is -2.35. The van der Waals surface area contributed by atoms with Crippen LogP contribution in [0.2, 0.25) is 0 Å². The van der Waals surface area contributed by atoms with Crippen molar-refractivity contribution in [3.8, 4) is 0 Å². The minimum absolute atomic E-state index is 0.0688. The Morgan fingerprint density at radius 1 is 1.10 bits per heavy atom. The van der Waals surface area contributed by atoms with Crippen molar-refractivity contribution in [1.82, 2.24) is 14.5 Å². The molecular formula is C14H25N3O2S. The van der Waals surface area contributed by atoms with Crippen LogP contribution in [0.25, 0.3) is 0 Å². The van der Waals surface area contributed by atoms with Crippen LogP contribution in [-0.2, 0) is 17.1 Å². The third-order valence-corrected chi connectivity index (χ3v) is 5.91. The Kier molecular flexibility index (Phi) is 4.86. The standard InChI is InChI=1S/C14H25N3O2S/c1-11-14(12(2)17(3)15-11)20(18,19)16-13-9-7-5-4-6-8-10-13/h13,16H,4-10H2,1-3H3. The van der Waals surface area contributed by atoms with Gasteiger partial charge in [-0.05, 0) is 26.7 Å². The molecule has 0 amide bonds. The minimum Gasteiger partial charge on any atom is -0.271 e. The van der Waals surface area contributed by atoms with E-state index >= 15 is 0 Å². The molecule has 2 rings (SSSR count). The first-order chi connectivity index (χ1) is 9.42. The first-order valence-electron chi connectivity index (χ1n) is 7.44. The Labute approximate surface area is 121 Å². The predicted molar refractivity (Wildman–Crippen MR) is 79.1 cm³/mol. The number of aromatic nitrogens is 2. The van der Waals surface area contributed by atoms with Gasteiger partial charge < -0.3 is 0 Å². The van der Waals surface area contributed by atoms with Gasteiger partial charge in [0.05, 0.1) is 11.4 Å². The summed E-state index contributed by atoms with van der Waals surface area (Å²) in [5.74, 6) is 0. The second-order valence-electron chi connectivity index (χ2n) is 5.79. The first kappa shape index (κ1) is 15.5. The van der Waals surface area contributed by atoms with Gasteiger partial charge in [-0.25, -0.2) is 13.1 Å². The van der Waals surface area contributed by atoms with E-state index in [1.54, 1.807) is 25.6 Å². The fourth-order valence-electron chi connectivity index (χ4n) is 3.00. The topological polar surface area (TPSA) is 64.0 Å². The fraction of sp³-hybridized carbons (Fsp3) is 0.786. The van der Waals surface area contributed by atoms with Crippen LogP contribution >= 0.6 is 0 Å². The molecule has 1 aliphatic rings. The van der Waals surface area contributed by atoms with Crippen LogP contribution in [-0.4, -0.2) is 24.2 Å². The lowest BCUT2D eigenvalue weighted by molar-refractivity contribution is 0.426. The summed E-state index contributed by atoms with van der Waals surface area (Å²) >= 11 is 0. The van der Waals surface area contributed by atoms with Crippen LogP contribution in [0.4, 0.5) is 0 Å². The largest absolute Gasteiger partial charge is 0.271 e. The molecule has 1 fully saturated rings. The Balaban J connectivity index is 2.17. The Morgan fingerprint density at radius 3 is 2.15 bits per heavy atom. The van der Waals surface area contributed by atoms with Crippen LogP contribution in [0.3, 0.4) is 0 Å². The van der Waals surface area contributed by atoms with E-state index in [1.807, 2.05) is 0 Å². The highest BCUT2D eigenvalue weighted by Gasteiger charge is 2.26. The van der Waals surface area contributed by atoms with E-state index in [0.29, 0.717) is 16.3 Å². The van der Waals surface area contributed by atoms with Crippen LogP contribution < -0.4 is 4.72 Å². The molecule has 1 aliphatic carbocycles. The van der Waals surface area contributed by atoms with Gasteiger partial charge in [-0.1, -0.05) is 32.1 Å². The summed E-state index contributed by atoms with van der Waals surface area (Å²) in [7, 11) is -1.69. The van der Waals surface area contributed by atoms with E-state index in [4.69, 9.17) is 0 Å². The molecule has 0 radical (unpaired) electrons. The fourth-order valence-corrected chi connectivity index (χ4v) is 4.74. The number of nitrogens with zero attached hydrogens (tertiary/aromatic N) is 2. The van der Waals surface area contributed by atoms with Crippen LogP contribution in [0.5, 0.6) is 0 Å². The van der Waals surface area contributed by atoms with Crippen molar-refractivity contribution >= 4 is 10.0 Å². The lowest BCUT2D eigenvalue weighted by atomic mass is 9.97. The van der Waals surface area contributed by atoms with E-state index in [-0.39, 0.29) is 6.04 Å². The Hall–Kier alpha value is -0.880. The molecule has 0 unspecified atom stereocenters. The lowest BCUT2D eigenvalue weighted by Gasteiger charge is -2.21. The monoisotopic (exact) mass is 299 g/mol. The maximum atomic E-state index is 12.6. The first-order valence-corrected chi connectivity index (χ1v) is 8.92. The summed E-state index contributed by atoms with van der Waals surface area (Å²) in [4.78, 5) is 0.349. The summed E-state index contributed by atoms with van der Waals surface area (Å²) in [6.45, 7) is 3.55. The van der Waals surface area contributed by atoms with Gasteiger partial charge in [-0.15, -0.1) is 0 Å². The Morgan fingerprint density at radius 2 is 1.65 bits per heavy atom. The number of nitrogens with one attached hydrogen (secondary N) is 1. The van der Waals surface area contributed by atoms with Crippen molar-refractivity contribution < 1.29 is 8.42 Å². The average Bonchev–Trinajstić information content (AvgIpc) is 2.57. The van der Waals surface area contributed by atoms with Crippen molar-refractivity contribution in [1.29, 1.82) is 0 Å². The smallest absolute Gasteiger partial charge is 0.244 e. The summed E-state index contributed by atoms with van der Waals surface area (Å²) < 4.78 is 29.7. The van der Waals surface area contributed by atoms with Crippen LogP contribution in [0.15, 0.2) is 4.90 Å². The molecule has 1 aromatic heterocycles. The summed E-state index contributed by atoms with van der Waals surface area (Å²) in [5, 5.41) is 4.20. The number of rotatable bonds is 3. The molecule has 5 nitrogen and oxygen atoms in total. The number of hydrogen-bond acceptors (Lipinski definition) is 3. The molecule has 1 heterocycles. The van der Waals surface area contributed by atoms with E-state index in [9.17, 15) is 8.42 Å². The molecule has 114 valence electrons. The molecule has 0 bridgehead atoms. The number of aryl methyl sites for hydroxylation is 2. The minimum atomic E-state index is -3.46. The molecule has 0 saturated heterocycles. The summed E-state index contributed by atoms with van der Waals surface area (Å²) in [6.07, 6.45) is 7.80. The van der Waals surface area contributed by atoms with Crippen molar-refractivity contribution in [2.75, 3.05) is 0 Å². The van der Waals surface area contributed by atoms with E-state index in [1.165, 1.54) is 19.3 Å². The molecule has 1 N–H and O–H groups in total. The Bertz CT molecular complexity index is 555. The molecule has 1 saturated carbocycles. The van der Waals surface area contributed by atoms with Gasteiger partial charge in [0.25, 0.3) is 0 Å². The zero-order valence-corrected chi connectivity index (χ0v) is 13.5. The van der Waals surface area contributed by atoms with E-state index < -0.39 is 10.0 Å². The van der Waals surface area contributed by atoms with Gasteiger partial charge in [-0.3, -0.25) is 4.68 Å². The van der Waals surface area contributed by atoms with Crippen molar-refractivity contribution in [2.24, 2.45) is 7.05 Å². The second-order valence-corrected chi connectivity index (χ2v) is 7.44. The SMILES string of the molecule is Cc1nn(C)c(C)c1S(=O)(=O)NC1CCCCCCC1. The maximum absolute atomic E-state index is 12.6. The molecule has 20 heavy (non-hydrogen) atoms. The number of hydrogen-bond donors (Lipinski definition) is 1. The van der Waals surface area contributed by atoms with Crippen LogP contribution in [0, 0.1) is 13.8 Å². The molecule has 0 aromatic carbocycles. The molecule has 6 heteroatoms. The molecular weight excluding hydrogens is 274 g/mol. The van der Waals surface area contributed by atoms with Gasteiger partial charge in [0.15, 0.2) is 0 Å². The van der Waals surface area contributed by atoms with Gasteiger partial charge in [0.1, 0.15) is 4.90 Å². The molecule has 0 spiro atoms. The van der Waals surface area contributed by atoms with Gasteiger partial charge in [-0.2, -0.15) is 5.10 Å². The third kappa shape index (κ3) is 3.41. The van der Waals surface area contributed by atoms with Crippen molar-refractivity contribution in [3.05, 3.63) is 11.4 Å². The predicted octanol–water partition coefficient (Wildman–Crippen LogP) is 2.43. The highest BCUT2D eigenvalue weighted by molar-refractivity contribution is 7.89. The number of sulfonamides is 1. The van der Waals surface area contributed by atoms with Crippen molar-refractivity contribution in [2.45, 2.75) is 69.7 Å². The highest BCUT2D eigenvalue weighted by Crippen LogP contribution is 2.22. The third-order valence-electron chi connectivity index (χ3n) is 4.14. The molecule has 1 aromatic rings. The van der Waals surface area contributed by atoms with Crippen LogP contribution in [0.1, 0.15) is 56.3 Å². The normalized spacial score (nSPS) is 18.8. The second kappa shape index (κ2) is 6.26. The van der Waals surface area contributed by atoms with E-state index in [0.717, 1.165) is 25.7 Å². The zero-order chi connectivity index (χ0) is 14.8. The maximum Gasteiger partial charge on any atom is 0.244 e. The highest BCUT2D eigenvalue weighted by atomic mass is 32.2. The quantitative estimate of drug-likeness (QED) is 0.932. The average molecular weight is 299 g/mol. The molecule has 0 atom stereocenters. The summed E-state index contributed by atoms with van der Waals surface area (Å²) in [5.41, 5.74) is 1.27. The summed E-state index contributed by atoms with van der Waals surface area (Å²) in [6, 6.07) is 0.0688. The van der Waals surface area contributed by atoms with Gasteiger partial charge in [0.2, 0.25) is 10.0 Å². The van der Waals surface area contributed by atoms with E-state index in [2.05, 4.69) is 9.82 Å². The van der Waals surface area contributed by atoms with Crippen molar-refractivity contribution in [3.63, 3.8) is 0 Å². The zero-order valence-electron chi connectivity index (χ0n) is 12.6. The van der Waals surface area contributed by atoms with Gasteiger partial charge in [0, 0.05) is 13.1 Å². The molecule has 0 aliphatic heterocycles.